The van der Waals surface area contributed by atoms with Crippen LogP contribution in [-0.4, -0.2) is 16.7 Å². The molecule has 0 saturated carbocycles. The van der Waals surface area contributed by atoms with Crippen LogP contribution in [0.2, 0.25) is 0 Å². The lowest BCUT2D eigenvalue weighted by atomic mass is 10.1. The van der Waals surface area contributed by atoms with Gasteiger partial charge in [-0.25, -0.2) is 0 Å². The zero-order chi connectivity index (χ0) is 12.3. The van der Waals surface area contributed by atoms with Crippen molar-refractivity contribution in [3.63, 3.8) is 0 Å². The van der Waals surface area contributed by atoms with E-state index in [1.807, 2.05) is 32.0 Å². The minimum atomic E-state index is 0.566. The monoisotopic (exact) mass is 295 g/mol. The highest BCUT2D eigenvalue weighted by atomic mass is 79.9. The van der Waals surface area contributed by atoms with E-state index in [4.69, 9.17) is 4.52 Å². The van der Waals surface area contributed by atoms with Crippen molar-refractivity contribution in [3.05, 3.63) is 34.1 Å². The fourth-order valence-corrected chi connectivity index (χ4v) is 1.86. The van der Waals surface area contributed by atoms with Gasteiger partial charge in [-0.1, -0.05) is 34.1 Å². The fourth-order valence-electron chi connectivity index (χ4n) is 1.50. The third-order valence-corrected chi connectivity index (χ3v) is 2.92. The molecule has 0 aliphatic carbocycles. The van der Waals surface area contributed by atoms with E-state index in [0.29, 0.717) is 18.3 Å². The van der Waals surface area contributed by atoms with Crippen LogP contribution in [0.1, 0.15) is 18.3 Å². The minimum absolute atomic E-state index is 0.566. The highest BCUT2D eigenvalue weighted by Gasteiger charge is 2.11. The van der Waals surface area contributed by atoms with Gasteiger partial charge in [-0.3, -0.25) is 0 Å². The Morgan fingerprint density at radius 3 is 3.00 bits per heavy atom. The van der Waals surface area contributed by atoms with Crippen LogP contribution in [0, 0.1) is 6.92 Å². The molecule has 0 spiro atoms. The molecule has 0 aliphatic rings. The van der Waals surface area contributed by atoms with Gasteiger partial charge in [-0.05, 0) is 31.2 Å². The first-order valence-electron chi connectivity index (χ1n) is 5.50. The lowest BCUT2D eigenvalue weighted by Gasteiger charge is -2.00. The summed E-state index contributed by atoms with van der Waals surface area (Å²) in [4.78, 5) is 4.36. The van der Waals surface area contributed by atoms with E-state index in [9.17, 15) is 0 Å². The number of benzene rings is 1. The van der Waals surface area contributed by atoms with Crippen LogP contribution in [0.25, 0.3) is 11.5 Å². The van der Waals surface area contributed by atoms with Crippen molar-refractivity contribution in [2.45, 2.75) is 20.4 Å². The molecule has 0 radical (unpaired) electrons. The summed E-state index contributed by atoms with van der Waals surface area (Å²) in [6, 6.07) is 6.00. The molecule has 2 aromatic rings. The van der Waals surface area contributed by atoms with Gasteiger partial charge < -0.3 is 9.84 Å². The van der Waals surface area contributed by atoms with Gasteiger partial charge in [-0.15, -0.1) is 0 Å². The Hall–Kier alpha value is -1.20. The van der Waals surface area contributed by atoms with Crippen molar-refractivity contribution in [1.82, 2.24) is 15.5 Å². The van der Waals surface area contributed by atoms with Gasteiger partial charge in [0.15, 0.2) is 5.82 Å². The number of rotatable bonds is 4. The molecule has 1 aromatic heterocycles. The Balaban J connectivity index is 2.27. The summed E-state index contributed by atoms with van der Waals surface area (Å²) in [5.41, 5.74) is 2.08. The number of hydrogen-bond acceptors (Lipinski definition) is 4. The van der Waals surface area contributed by atoms with Crippen molar-refractivity contribution in [1.29, 1.82) is 0 Å². The lowest BCUT2D eigenvalue weighted by Crippen LogP contribution is -2.12. The van der Waals surface area contributed by atoms with Crippen molar-refractivity contribution in [2.75, 3.05) is 6.54 Å². The zero-order valence-corrected chi connectivity index (χ0v) is 11.4. The van der Waals surface area contributed by atoms with Crippen molar-refractivity contribution < 1.29 is 4.52 Å². The Kier molecular flexibility index (Phi) is 3.91. The SMILES string of the molecule is CCNCc1noc(-c2cc(Br)ccc2C)n1. The molecule has 1 heterocycles. The number of nitrogens with one attached hydrogen (secondary N) is 1. The summed E-state index contributed by atoms with van der Waals surface area (Å²) in [5.74, 6) is 1.25. The topological polar surface area (TPSA) is 51.0 Å². The Morgan fingerprint density at radius 1 is 1.41 bits per heavy atom. The zero-order valence-electron chi connectivity index (χ0n) is 9.83. The summed E-state index contributed by atoms with van der Waals surface area (Å²) in [5, 5.41) is 7.10. The molecule has 0 bridgehead atoms. The Labute approximate surface area is 109 Å². The van der Waals surface area contributed by atoms with Crippen molar-refractivity contribution in [2.24, 2.45) is 0 Å². The molecular formula is C12H14BrN3O. The summed E-state index contributed by atoms with van der Waals surface area (Å²) in [6.07, 6.45) is 0. The molecule has 5 heteroatoms. The van der Waals surface area contributed by atoms with Crippen molar-refractivity contribution >= 4 is 15.9 Å². The van der Waals surface area contributed by atoms with Gasteiger partial charge in [0.05, 0.1) is 6.54 Å². The minimum Gasteiger partial charge on any atom is -0.334 e. The summed E-state index contributed by atoms with van der Waals surface area (Å²) >= 11 is 3.44. The van der Waals surface area contributed by atoms with Crippen LogP contribution in [0.5, 0.6) is 0 Å². The molecule has 17 heavy (non-hydrogen) atoms. The van der Waals surface area contributed by atoms with Crippen LogP contribution >= 0.6 is 15.9 Å². The highest BCUT2D eigenvalue weighted by molar-refractivity contribution is 9.10. The molecule has 4 nitrogen and oxygen atoms in total. The van der Waals surface area contributed by atoms with Crippen molar-refractivity contribution in [3.8, 4) is 11.5 Å². The molecule has 1 aromatic carbocycles. The van der Waals surface area contributed by atoms with E-state index in [-0.39, 0.29) is 0 Å². The Morgan fingerprint density at radius 2 is 2.24 bits per heavy atom. The molecule has 0 amide bonds. The van der Waals surface area contributed by atoms with E-state index in [1.165, 1.54) is 0 Å². The van der Waals surface area contributed by atoms with Gasteiger partial charge >= 0.3 is 0 Å². The molecule has 0 unspecified atom stereocenters. The number of aromatic nitrogens is 2. The maximum Gasteiger partial charge on any atom is 0.258 e. The maximum absolute atomic E-state index is 5.26. The average Bonchev–Trinajstić information content (AvgIpc) is 2.78. The smallest absolute Gasteiger partial charge is 0.258 e. The molecule has 0 fully saturated rings. The number of halogens is 1. The van der Waals surface area contributed by atoms with Crippen LogP contribution in [0.3, 0.4) is 0 Å². The van der Waals surface area contributed by atoms with Gasteiger partial charge in [0, 0.05) is 10.0 Å². The molecule has 1 N–H and O–H groups in total. The number of aryl methyl sites for hydroxylation is 1. The molecule has 2 rings (SSSR count). The second-order valence-electron chi connectivity index (χ2n) is 3.76. The first-order valence-corrected chi connectivity index (χ1v) is 6.30. The molecule has 90 valence electrons. The largest absolute Gasteiger partial charge is 0.334 e. The number of hydrogen-bond donors (Lipinski definition) is 1. The van der Waals surface area contributed by atoms with Crippen LogP contribution in [0.4, 0.5) is 0 Å². The standard InChI is InChI=1S/C12H14BrN3O/c1-3-14-7-11-15-12(17-16-11)10-6-9(13)5-4-8(10)2/h4-6,14H,3,7H2,1-2H3. The second kappa shape index (κ2) is 5.42. The van der Waals surface area contributed by atoms with E-state index in [0.717, 1.165) is 22.1 Å². The van der Waals surface area contributed by atoms with Crippen LogP contribution in [0.15, 0.2) is 27.2 Å². The van der Waals surface area contributed by atoms with Crippen LogP contribution < -0.4 is 5.32 Å². The van der Waals surface area contributed by atoms with Gasteiger partial charge in [0.1, 0.15) is 0 Å². The van der Waals surface area contributed by atoms with Gasteiger partial charge in [0.25, 0.3) is 5.89 Å². The molecule has 0 atom stereocenters. The molecular weight excluding hydrogens is 282 g/mol. The predicted molar refractivity (Wildman–Crippen MR) is 69.6 cm³/mol. The molecule has 0 saturated heterocycles. The predicted octanol–water partition coefficient (Wildman–Crippen LogP) is 2.92. The quantitative estimate of drug-likeness (QED) is 0.942. The summed E-state index contributed by atoms with van der Waals surface area (Å²) < 4.78 is 6.27. The normalized spacial score (nSPS) is 10.8. The average molecular weight is 296 g/mol. The Bertz CT molecular complexity index is 510. The summed E-state index contributed by atoms with van der Waals surface area (Å²) in [6.45, 7) is 5.59. The highest BCUT2D eigenvalue weighted by Crippen LogP contribution is 2.25. The van der Waals surface area contributed by atoms with Gasteiger partial charge in [-0.2, -0.15) is 4.98 Å². The van der Waals surface area contributed by atoms with E-state index >= 15 is 0 Å². The summed E-state index contributed by atoms with van der Waals surface area (Å²) in [7, 11) is 0. The third-order valence-electron chi connectivity index (χ3n) is 2.43. The van der Waals surface area contributed by atoms with E-state index in [2.05, 4.69) is 31.4 Å². The van der Waals surface area contributed by atoms with Gasteiger partial charge in [0.2, 0.25) is 0 Å². The second-order valence-corrected chi connectivity index (χ2v) is 4.67. The van der Waals surface area contributed by atoms with E-state index in [1.54, 1.807) is 0 Å². The first kappa shape index (κ1) is 12.3. The van der Waals surface area contributed by atoms with E-state index < -0.39 is 0 Å². The molecule has 0 aliphatic heterocycles. The van der Waals surface area contributed by atoms with Crippen LogP contribution in [-0.2, 0) is 6.54 Å². The maximum atomic E-state index is 5.26. The fraction of sp³-hybridized carbons (Fsp3) is 0.333. The number of nitrogens with zero attached hydrogens (tertiary/aromatic N) is 2. The third kappa shape index (κ3) is 2.92. The lowest BCUT2D eigenvalue weighted by molar-refractivity contribution is 0.419. The first-order chi connectivity index (χ1) is 8.20.